The molecule has 186 valence electrons. The first-order chi connectivity index (χ1) is 17.8. The van der Waals surface area contributed by atoms with Gasteiger partial charge in [-0.25, -0.2) is 0 Å². The van der Waals surface area contributed by atoms with Crippen LogP contribution in [0.25, 0.3) is 11.8 Å². The van der Waals surface area contributed by atoms with Crippen LogP contribution in [-0.2, 0) is 15.7 Å². The molecule has 2 aromatic rings. The summed E-state index contributed by atoms with van der Waals surface area (Å²) in [4.78, 5) is 26.3. The van der Waals surface area contributed by atoms with Gasteiger partial charge in [-0.05, 0) is 37.1 Å². The molecule has 2 heterocycles. The number of anilines is 1. The number of ether oxygens (including phenoxy) is 1. The van der Waals surface area contributed by atoms with E-state index in [4.69, 9.17) is 4.74 Å². The fourth-order valence-corrected chi connectivity index (χ4v) is 4.35. The Morgan fingerprint density at radius 1 is 1.22 bits per heavy atom. The quantitative estimate of drug-likeness (QED) is 0.381. The van der Waals surface area contributed by atoms with Crippen molar-refractivity contribution in [1.82, 2.24) is 9.78 Å². The molecule has 37 heavy (non-hydrogen) atoms. The molecular formula is C27H19F3N4O3. The van der Waals surface area contributed by atoms with Crippen molar-refractivity contribution in [2.45, 2.75) is 25.1 Å². The minimum Gasteiger partial charge on any atom is -0.464 e. The smallest absolute Gasteiger partial charge is 0.416 e. The van der Waals surface area contributed by atoms with Crippen molar-refractivity contribution in [2.75, 3.05) is 5.32 Å². The molecule has 1 aliphatic heterocycles. The van der Waals surface area contributed by atoms with E-state index in [2.05, 4.69) is 10.4 Å². The molecule has 1 aromatic heterocycles. The zero-order chi connectivity index (χ0) is 26.2. The molecule has 2 aliphatic carbocycles. The molecule has 0 saturated heterocycles. The number of nitrogens with one attached hydrogen (secondary N) is 1. The Morgan fingerprint density at radius 2 is 2.00 bits per heavy atom. The molecule has 0 spiro atoms. The predicted molar refractivity (Wildman–Crippen MR) is 128 cm³/mol. The fraction of sp³-hybridized carbons (Fsp3) is 0.185. The molecule has 1 aromatic carbocycles. The number of ketones is 1. The molecule has 3 aliphatic rings. The average Bonchev–Trinajstić information content (AvgIpc) is 3.29. The number of hydrogen-bond donors (Lipinski definition) is 1. The highest BCUT2D eigenvalue weighted by Crippen LogP contribution is 2.31. The SMILES string of the molecule is N#CC(C(=O)Nc1cccc(C(F)(F)F)c1)C(=O)c1nn(C2C=CCC=C2)c2c1=COC1=CC=CCC=21. The number of nitrogens with zero attached hydrogens (tertiary/aromatic N) is 3. The van der Waals surface area contributed by atoms with Gasteiger partial charge in [0.15, 0.2) is 5.92 Å². The van der Waals surface area contributed by atoms with E-state index >= 15 is 0 Å². The Hall–Kier alpha value is -4.65. The summed E-state index contributed by atoms with van der Waals surface area (Å²) in [7, 11) is 0. The number of carbonyl (C=O) groups excluding carboxylic acids is 2. The number of amides is 1. The number of hydrogen-bond acceptors (Lipinski definition) is 5. The monoisotopic (exact) mass is 504 g/mol. The fourth-order valence-electron chi connectivity index (χ4n) is 4.35. The van der Waals surface area contributed by atoms with E-state index in [0.717, 1.165) is 30.2 Å². The van der Waals surface area contributed by atoms with Crippen molar-refractivity contribution in [3.8, 4) is 6.07 Å². The Balaban J connectivity index is 1.54. The van der Waals surface area contributed by atoms with Crippen molar-refractivity contribution in [1.29, 1.82) is 5.26 Å². The van der Waals surface area contributed by atoms with Crippen LogP contribution in [0.1, 0.15) is 34.9 Å². The second-order valence-electron chi connectivity index (χ2n) is 8.51. The highest BCUT2D eigenvalue weighted by Gasteiger charge is 2.34. The van der Waals surface area contributed by atoms with E-state index in [1.807, 2.05) is 36.5 Å². The van der Waals surface area contributed by atoms with Crippen LogP contribution in [0.5, 0.6) is 0 Å². The maximum atomic E-state index is 13.5. The molecule has 7 nitrogen and oxygen atoms in total. The van der Waals surface area contributed by atoms with E-state index in [1.165, 1.54) is 12.3 Å². The van der Waals surface area contributed by atoms with Crippen molar-refractivity contribution in [3.63, 3.8) is 0 Å². The molecule has 1 unspecified atom stereocenters. The van der Waals surface area contributed by atoms with E-state index < -0.39 is 29.3 Å². The second kappa shape index (κ2) is 9.43. The van der Waals surface area contributed by atoms with Crippen LogP contribution >= 0.6 is 0 Å². The molecule has 10 heteroatoms. The molecule has 0 saturated carbocycles. The first-order valence-electron chi connectivity index (χ1n) is 11.4. The number of nitriles is 1. The minimum atomic E-state index is -4.62. The van der Waals surface area contributed by atoms with Crippen molar-refractivity contribution < 1.29 is 27.5 Å². The lowest BCUT2D eigenvalue weighted by molar-refractivity contribution is -0.137. The van der Waals surface area contributed by atoms with E-state index in [1.54, 1.807) is 16.8 Å². The Kier molecular flexibility index (Phi) is 6.13. The van der Waals surface area contributed by atoms with Gasteiger partial charge in [-0.1, -0.05) is 42.5 Å². The van der Waals surface area contributed by atoms with Crippen LogP contribution in [0.2, 0.25) is 0 Å². The largest absolute Gasteiger partial charge is 0.464 e. The van der Waals surface area contributed by atoms with Gasteiger partial charge >= 0.3 is 6.18 Å². The van der Waals surface area contributed by atoms with Crippen molar-refractivity contribution >= 4 is 29.2 Å². The number of Topliss-reactive ketones (excluding diaryl/α,β-unsaturated/α-hetero) is 1. The van der Waals surface area contributed by atoms with Gasteiger partial charge in [-0.15, -0.1) is 0 Å². The summed E-state index contributed by atoms with van der Waals surface area (Å²) in [5.74, 6) is -3.18. The number of fused-ring (bicyclic) bond motifs is 2. The van der Waals surface area contributed by atoms with Gasteiger partial charge in [0, 0.05) is 11.3 Å². The molecule has 0 fully saturated rings. The summed E-state index contributed by atoms with van der Waals surface area (Å²) in [6.07, 6.45) is 11.4. The lowest BCUT2D eigenvalue weighted by Crippen LogP contribution is -2.39. The van der Waals surface area contributed by atoms with Crippen LogP contribution in [0.4, 0.5) is 18.9 Å². The highest BCUT2D eigenvalue weighted by molar-refractivity contribution is 6.15. The van der Waals surface area contributed by atoms with Crippen LogP contribution in [0.15, 0.2) is 72.6 Å². The summed E-state index contributed by atoms with van der Waals surface area (Å²) in [6.45, 7) is 0. The Bertz CT molecular complexity index is 1570. The number of rotatable bonds is 5. The molecule has 1 amide bonds. The highest BCUT2D eigenvalue weighted by atomic mass is 19.4. The van der Waals surface area contributed by atoms with Crippen LogP contribution in [0, 0.1) is 17.2 Å². The van der Waals surface area contributed by atoms with Gasteiger partial charge in [-0.3, -0.25) is 14.3 Å². The van der Waals surface area contributed by atoms with E-state index in [0.29, 0.717) is 22.7 Å². The summed E-state index contributed by atoms with van der Waals surface area (Å²) in [5, 5.41) is 17.4. The van der Waals surface area contributed by atoms with Crippen LogP contribution in [0.3, 0.4) is 0 Å². The van der Waals surface area contributed by atoms with Gasteiger partial charge in [-0.2, -0.15) is 23.5 Å². The number of allylic oxidation sites excluding steroid dienone is 8. The minimum absolute atomic E-state index is 0.130. The summed E-state index contributed by atoms with van der Waals surface area (Å²) >= 11 is 0. The van der Waals surface area contributed by atoms with Gasteiger partial charge < -0.3 is 10.1 Å². The summed E-state index contributed by atoms with van der Waals surface area (Å²) < 4.78 is 46.5. The average molecular weight is 504 g/mol. The maximum Gasteiger partial charge on any atom is 0.416 e. The molecule has 0 radical (unpaired) electrons. The Labute approximate surface area is 208 Å². The first-order valence-corrected chi connectivity index (χ1v) is 11.4. The van der Waals surface area contributed by atoms with E-state index in [9.17, 15) is 28.0 Å². The molecule has 1 N–H and O–H groups in total. The van der Waals surface area contributed by atoms with Gasteiger partial charge in [0.05, 0.1) is 28.2 Å². The lowest BCUT2D eigenvalue weighted by Gasteiger charge is -2.18. The number of aromatic nitrogens is 2. The number of carbonyl (C=O) groups is 2. The van der Waals surface area contributed by atoms with Gasteiger partial charge in [0.2, 0.25) is 11.7 Å². The summed E-state index contributed by atoms with van der Waals surface area (Å²) in [6, 6.07) is 5.33. The zero-order valence-electron chi connectivity index (χ0n) is 19.2. The van der Waals surface area contributed by atoms with Crippen LogP contribution < -0.4 is 15.9 Å². The lowest BCUT2D eigenvalue weighted by atomic mass is 9.98. The third-order valence-electron chi connectivity index (χ3n) is 6.11. The van der Waals surface area contributed by atoms with E-state index in [-0.39, 0.29) is 17.4 Å². The standard InChI is InChI=1S/C27H19F3N4O3/c28-27(29,30)16-7-6-8-17(13-16)32-26(36)20(14-31)25(35)23-21-15-37-22-12-5-4-11-19(22)24(21)34(33-23)18-9-2-1-3-10-18/h2-10,12-13,15,18,20H,1,11H2,(H,32,36). The number of halogens is 3. The zero-order valence-corrected chi connectivity index (χ0v) is 19.2. The first kappa shape index (κ1) is 24.1. The third kappa shape index (κ3) is 4.51. The topological polar surface area (TPSA) is 97.0 Å². The van der Waals surface area contributed by atoms with Crippen molar-refractivity contribution in [3.05, 3.63) is 94.4 Å². The van der Waals surface area contributed by atoms with Gasteiger partial charge in [0.25, 0.3) is 0 Å². The number of alkyl halides is 3. The molecule has 5 rings (SSSR count). The maximum absolute atomic E-state index is 13.5. The molecule has 1 atom stereocenters. The Morgan fingerprint density at radius 3 is 2.73 bits per heavy atom. The third-order valence-corrected chi connectivity index (χ3v) is 6.11. The van der Waals surface area contributed by atoms with Crippen LogP contribution in [-0.4, -0.2) is 21.5 Å². The van der Waals surface area contributed by atoms with Gasteiger partial charge in [0.1, 0.15) is 17.7 Å². The normalized spacial score (nSPS) is 17.0. The summed E-state index contributed by atoms with van der Waals surface area (Å²) in [5.41, 5.74) is -0.483. The predicted octanol–water partition coefficient (Wildman–Crippen LogP) is 3.68. The molecule has 0 bridgehead atoms. The second-order valence-corrected chi connectivity index (χ2v) is 8.51. The number of benzene rings is 1. The molecular weight excluding hydrogens is 485 g/mol. The van der Waals surface area contributed by atoms with Crippen molar-refractivity contribution in [2.24, 2.45) is 5.92 Å².